The zero-order valence-electron chi connectivity index (χ0n) is 13.2. The van der Waals surface area contributed by atoms with Gasteiger partial charge in [0, 0.05) is 11.1 Å². The van der Waals surface area contributed by atoms with Gasteiger partial charge in [0.2, 0.25) is 0 Å². The third-order valence-corrected chi connectivity index (χ3v) is 4.58. The number of hydrogen-bond acceptors (Lipinski definition) is 4. The summed E-state index contributed by atoms with van der Waals surface area (Å²) in [4.78, 5) is 14.5. The van der Waals surface area contributed by atoms with Crippen LogP contribution in [-0.4, -0.2) is 35.4 Å². The van der Waals surface area contributed by atoms with Crippen LogP contribution in [0.4, 0.5) is 0 Å². The molecule has 3 nitrogen and oxygen atoms in total. The predicted octanol–water partition coefficient (Wildman–Crippen LogP) is 4.85. The van der Waals surface area contributed by atoms with Gasteiger partial charge in [0.1, 0.15) is 5.58 Å². The fraction of sp³-hybridized carbons (Fsp3) is 0.471. The first-order valence-corrected chi connectivity index (χ1v) is 8.61. The minimum atomic E-state index is 0. The Kier molecular flexibility index (Phi) is 8.61. The molecule has 0 unspecified atom stereocenters. The number of fused-ring (bicyclic) bond motifs is 1. The van der Waals surface area contributed by atoms with Crippen molar-refractivity contribution in [3.8, 4) is 0 Å². The molecule has 0 radical (unpaired) electrons. The molecule has 5 heteroatoms. The number of furan rings is 1. The van der Waals surface area contributed by atoms with Gasteiger partial charge >= 0.3 is 0 Å². The van der Waals surface area contributed by atoms with Gasteiger partial charge in [0.15, 0.2) is 5.76 Å². The number of para-hydroxylation sites is 1. The quantitative estimate of drug-likeness (QED) is 0.643. The second kappa shape index (κ2) is 9.93. The van der Waals surface area contributed by atoms with E-state index in [1.165, 1.54) is 11.8 Å². The average molecular weight is 342 g/mol. The fourth-order valence-electron chi connectivity index (χ4n) is 2.30. The highest BCUT2D eigenvalue weighted by Gasteiger charge is 2.12. The lowest BCUT2D eigenvalue weighted by Gasteiger charge is -2.17. The average Bonchev–Trinajstić information content (AvgIpc) is 2.95. The van der Waals surface area contributed by atoms with Gasteiger partial charge in [-0.1, -0.05) is 43.8 Å². The zero-order valence-corrected chi connectivity index (χ0v) is 14.8. The van der Waals surface area contributed by atoms with Gasteiger partial charge in [0.25, 0.3) is 5.12 Å². The zero-order chi connectivity index (χ0) is 15.1. The standard InChI is InChI=1S/C17H23NO2S.ClH/c1-3-18(4-2)11-7-8-12-21-17(19)16-13-14-9-5-6-10-15(14)20-16;/h5-6,9-10,13H,3-4,7-8,11-12H2,1-2H3;1H. The van der Waals surface area contributed by atoms with Gasteiger partial charge in [-0.3, -0.25) is 4.79 Å². The SMILES string of the molecule is CCN(CC)CCCCSC(=O)c1cc2ccccc2o1.Cl. The number of nitrogens with zero attached hydrogens (tertiary/aromatic N) is 1. The Balaban J connectivity index is 0.00000242. The number of rotatable bonds is 8. The second-order valence-corrected chi connectivity index (χ2v) is 6.09. The molecule has 0 amide bonds. The molecule has 0 bridgehead atoms. The summed E-state index contributed by atoms with van der Waals surface area (Å²) in [6.45, 7) is 7.68. The largest absolute Gasteiger partial charge is 0.452 e. The van der Waals surface area contributed by atoms with Crippen LogP contribution in [0.25, 0.3) is 11.0 Å². The van der Waals surface area contributed by atoms with Crippen LogP contribution in [0.5, 0.6) is 0 Å². The highest BCUT2D eigenvalue weighted by atomic mass is 35.5. The molecular formula is C17H24ClNO2S. The maximum Gasteiger partial charge on any atom is 0.254 e. The van der Waals surface area contributed by atoms with Crippen molar-refractivity contribution in [1.82, 2.24) is 4.90 Å². The molecule has 1 aromatic heterocycles. The van der Waals surface area contributed by atoms with E-state index in [9.17, 15) is 4.79 Å². The number of unbranched alkanes of at least 4 members (excludes halogenated alkanes) is 1. The Morgan fingerprint density at radius 2 is 1.91 bits per heavy atom. The molecule has 122 valence electrons. The van der Waals surface area contributed by atoms with Gasteiger partial charge < -0.3 is 9.32 Å². The number of thioether (sulfide) groups is 1. The van der Waals surface area contributed by atoms with Gasteiger partial charge in [-0.25, -0.2) is 0 Å². The Labute approximate surface area is 142 Å². The lowest BCUT2D eigenvalue weighted by atomic mass is 10.2. The Morgan fingerprint density at radius 1 is 1.18 bits per heavy atom. The number of carbonyl (C=O) groups excluding carboxylic acids is 1. The van der Waals surface area contributed by atoms with Crippen molar-refractivity contribution in [2.75, 3.05) is 25.4 Å². The lowest BCUT2D eigenvalue weighted by molar-refractivity contribution is 0.106. The summed E-state index contributed by atoms with van der Waals surface area (Å²) in [5.74, 6) is 1.32. The van der Waals surface area contributed by atoms with Crippen LogP contribution < -0.4 is 0 Å². The summed E-state index contributed by atoms with van der Waals surface area (Å²) >= 11 is 1.36. The maximum absolute atomic E-state index is 12.1. The van der Waals surface area contributed by atoms with Crippen LogP contribution in [0.2, 0.25) is 0 Å². The van der Waals surface area contributed by atoms with Crippen LogP contribution in [0.3, 0.4) is 0 Å². The summed E-state index contributed by atoms with van der Waals surface area (Å²) < 4.78 is 5.58. The maximum atomic E-state index is 12.1. The van der Waals surface area contributed by atoms with E-state index in [1.54, 1.807) is 0 Å². The minimum Gasteiger partial charge on any atom is -0.452 e. The van der Waals surface area contributed by atoms with Gasteiger partial charge in [-0.05, 0) is 44.6 Å². The van der Waals surface area contributed by atoms with E-state index in [4.69, 9.17) is 4.42 Å². The van der Waals surface area contributed by atoms with Gasteiger partial charge in [-0.2, -0.15) is 0 Å². The van der Waals surface area contributed by atoms with E-state index >= 15 is 0 Å². The topological polar surface area (TPSA) is 33.5 Å². The van der Waals surface area contributed by atoms with E-state index in [-0.39, 0.29) is 17.5 Å². The molecule has 0 aliphatic rings. The summed E-state index contributed by atoms with van der Waals surface area (Å²) in [5, 5.41) is 1.03. The molecule has 0 N–H and O–H groups in total. The van der Waals surface area contributed by atoms with Crippen LogP contribution in [0.15, 0.2) is 34.7 Å². The van der Waals surface area contributed by atoms with E-state index < -0.39 is 0 Å². The van der Waals surface area contributed by atoms with Crippen LogP contribution in [-0.2, 0) is 0 Å². The molecule has 1 heterocycles. The molecule has 22 heavy (non-hydrogen) atoms. The molecule has 1 aromatic carbocycles. The van der Waals surface area contributed by atoms with Crippen molar-refractivity contribution < 1.29 is 9.21 Å². The molecular weight excluding hydrogens is 318 g/mol. The highest BCUT2D eigenvalue weighted by Crippen LogP contribution is 2.22. The summed E-state index contributed by atoms with van der Waals surface area (Å²) in [7, 11) is 0. The van der Waals surface area contributed by atoms with Gasteiger partial charge in [0.05, 0.1) is 0 Å². The molecule has 0 aliphatic heterocycles. The summed E-state index contributed by atoms with van der Waals surface area (Å²) in [5.41, 5.74) is 0.781. The number of carbonyl (C=O) groups is 1. The first-order chi connectivity index (χ1) is 10.2. The van der Waals surface area contributed by atoms with Crippen molar-refractivity contribution in [2.45, 2.75) is 26.7 Å². The molecule has 0 saturated heterocycles. The predicted molar refractivity (Wildman–Crippen MR) is 97.3 cm³/mol. The van der Waals surface area contributed by atoms with E-state index in [1.807, 2.05) is 30.3 Å². The first kappa shape index (κ1) is 19.1. The van der Waals surface area contributed by atoms with E-state index in [2.05, 4.69) is 18.7 Å². The Hall–Kier alpha value is -0.970. The van der Waals surface area contributed by atoms with Crippen molar-refractivity contribution in [2.24, 2.45) is 0 Å². The van der Waals surface area contributed by atoms with Crippen molar-refractivity contribution in [1.29, 1.82) is 0 Å². The highest BCUT2D eigenvalue weighted by molar-refractivity contribution is 8.14. The number of benzene rings is 1. The molecule has 0 spiro atoms. The third kappa shape index (κ3) is 5.34. The molecule has 0 atom stereocenters. The molecule has 0 saturated carbocycles. The normalized spacial score (nSPS) is 10.9. The third-order valence-electron chi connectivity index (χ3n) is 3.62. The first-order valence-electron chi connectivity index (χ1n) is 7.62. The van der Waals surface area contributed by atoms with Crippen molar-refractivity contribution in [3.05, 3.63) is 36.1 Å². The van der Waals surface area contributed by atoms with E-state index in [0.29, 0.717) is 5.76 Å². The monoisotopic (exact) mass is 341 g/mol. The summed E-state index contributed by atoms with van der Waals surface area (Å²) in [6, 6.07) is 9.55. The number of hydrogen-bond donors (Lipinski definition) is 0. The Morgan fingerprint density at radius 3 is 2.59 bits per heavy atom. The van der Waals surface area contributed by atoms with E-state index in [0.717, 1.165) is 49.2 Å². The summed E-state index contributed by atoms with van der Waals surface area (Å²) in [6.07, 6.45) is 2.20. The lowest BCUT2D eigenvalue weighted by Crippen LogP contribution is -2.23. The minimum absolute atomic E-state index is 0. The molecule has 0 aliphatic carbocycles. The second-order valence-electron chi connectivity index (χ2n) is 5.02. The van der Waals surface area contributed by atoms with Crippen LogP contribution >= 0.6 is 24.2 Å². The smallest absolute Gasteiger partial charge is 0.254 e. The number of halogens is 1. The molecule has 2 aromatic rings. The van der Waals surface area contributed by atoms with Crippen LogP contribution in [0, 0.1) is 0 Å². The van der Waals surface area contributed by atoms with Crippen LogP contribution in [0.1, 0.15) is 37.2 Å². The fourth-order valence-corrected chi connectivity index (χ4v) is 3.07. The molecule has 0 fully saturated rings. The van der Waals surface area contributed by atoms with Crippen molar-refractivity contribution in [3.63, 3.8) is 0 Å². The Bertz CT molecular complexity index is 548. The van der Waals surface area contributed by atoms with Crippen molar-refractivity contribution >= 4 is 40.3 Å². The van der Waals surface area contributed by atoms with Gasteiger partial charge in [-0.15, -0.1) is 12.4 Å². The molecule has 2 rings (SSSR count).